The van der Waals surface area contributed by atoms with E-state index in [-0.39, 0.29) is 5.78 Å². The summed E-state index contributed by atoms with van der Waals surface area (Å²) in [4.78, 5) is 12.3. The number of hydrogen-bond acceptors (Lipinski definition) is 4. The smallest absolute Gasteiger partial charge is 0.228 e. The highest BCUT2D eigenvalue weighted by atomic mass is 16.5. The van der Waals surface area contributed by atoms with Gasteiger partial charge in [-0.05, 0) is 30.7 Å². The molecule has 0 spiro atoms. The van der Waals surface area contributed by atoms with Crippen molar-refractivity contribution in [2.45, 2.75) is 6.92 Å². The molecule has 0 radical (unpaired) electrons. The first kappa shape index (κ1) is 12.2. The van der Waals surface area contributed by atoms with Crippen molar-refractivity contribution in [2.24, 2.45) is 0 Å². The summed E-state index contributed by atoms with van der Waals surface area (Å²) in [6.07, 6.45) is 1.50. The summed E-state index contributed by atoms with van der Waals surface area (Å²) in [5.41, 5.74) is 1.28. The van der Waals surface area contributed by atoms with Crippen molar-refractivity contribution in [3.63, 3.8) is 0 Å². The number of carbonyl (C=O) groups is 1. The number of ketones is 1. The molecule has 4 nitrogen and oxygen atoms in total. The molecule has 0 N–H and O–H groups in total. The van der Waals surface area contributed by atoms with E-state index in [0.717, 1.165) is 5.56 Å². The predicted molar refractivity (Wildman–Crippen MR) is 66.4 cm³/mol. The molecule has 1 aromatic carbocycles. The van der Waals surface area contributed by atoms with E-state index in [1.165, 1.54) is 6.26 Å². The molecule has 1 heterocycles. The van der Waals surface area contributed by atoms with Gasteiger partial charge in [-0.2, -0.15) is 0 Å². The lowest BCUT2D eigenvalue weighted by Crippen LogP contribution is -2.02. The van der Waals surface area contributed by atoms with Crippen molar-refractivity contribution in [2.75, 3.05) is 14.2 Å². The van der Waals surface area contributed by atoms with Crippen LogP contribution in [0.4, 0.5) is 0 Å². The highest BCUT2D eigenvalue weighted by molar-refractivity contribution is 6.08. The van der Waals surface area contributed by atoms with Gasteiger partial charge in [0.15, 0.2) is 5.76 Å². The zero-order chi connectivity index (χ0) is 13.1. The Kier molecular flexibility index (Phi) is 3.37. The molecule has 0 saturated heterocycles. The Labute approximate surface area is 105 Å². The average Bonchev–Trinajstić information content (AvgIpc) is 2.83. The molecule has 2 rings (SSSR count). The maximum Gasteiger partial charge on any atom is 0.228 e. The number of ether oxygens (including phenoxy) is 2. The molecule has 0 unspecified atom stereocenters. The molecule has 0 amide bonds. The average molecular weight is 246 g/mol. The summed E-state index contributed by atoms with van der Waals surface area (Å²) < 4.78 is 15.5. The van der Waals surface area contributed by atoms with Gasteiger partial charge in [0, 0.05) is 11.6 Å². The van der Waals surface area contributed by atoms with Crippen LogP contribution >= 0.6 is 0 Å². The van der Waals surface area contributed by atoms with Crippen LogP contribution in [0, 0.1) is 6.92 Å². The fourth-order valence-corrected chi connectivity index (χ4v) is 1.67. The third-order valence-electron chi connectivity index (χ3n) is 2.68. The Morgan fingerprint density at radius 1 is 1.11 bits per heavy atom. The first-order valence-corrected chi connectivity index (χ1v) is 5.47. The second-order valence-electron chi connectivity index (χ2n) is 3.86. The number of benzene rings is 1. The minimum absolute atomic E-state index is 0.185. The SMILES string of the molecule is COc1cc(OC)cc(C(=O)c2occc2C)c1. The van der Waals surface area contributed by atoms with E-state index in [4.69, 9.17) is 13.9 Å². The molecule has 18 heavy (non-hydrogen) atoms. The van der Waals surface area contributed by atoms with E-state index in [1.54, 1.807) is 38.5 Å². The lowest BCUT2D eigenvalue weighted by molar-refractivity contribution is 0.101. The monoisotopic (exact) mass is 246 g/mol. The van der Waals surface area contributed by atoms with Crippen LogP contribution in [0.15, 0.2) is 34.9 Å². The van der Waals surface area contributed by atoms with Gasteiger partial charge in [-0.25, -0.2) is 0 Å². The second kappa shape index (κ2) is 4.96. The van der Waals surface area contributed by atoms with Crippen LogP contribution in [-0.2, 0) is 0 Å². The quantitative estimate of drug-likeness (QED) is 0.778. The fourth-order valence-electron chi connectivity index (χ4n) is 1.67. The summed E-state index contributed by atoms with van der Waals surface area (Å²) in [5, 5.41) is 0. The van der Waals surface area contributed by atoms with Crippen molar-refractivity contribution >= 4 is 5.78 Å². The van der Waals surface area contributed by atoms with Crippen LogP contribution in [0.3, 0.4) is 0 Å². The lowest BCUT2D eigenvalue weighted by atomic mass is 10.1. The fraction of sp³-hybridized carbons (Fsp3) is 0.214. The molecular formula is C14H14O4. The van der Waals surface area contributed by atoms with E-state index in [0.29, 0.717) is 22.8 Å². The topological polar surface area (TPSA) is 48.7 Å². The van der Waals surface area contributed by atoms with Gasteiger partial charge in [-0.3, -0.25) is 4.79 Å². The van der Waals surface area contributed by atoms with Crippen molar-refractivity contribution in [1.82, 2.24) is 0 Å². The van der Waals surface area contributed by atoms with Crippen LogP contribution in [0.25, 0.3) is 0 Å². The maximum atomic E-state index is 12.3. The normalized spacial score (nSPS) is 10.2. The van der Waals surface area contributed by atoms with E-state index >= 15 is 0 Å². The summed E-state index contributed by atoms with van der Waals surface area (Å²) in [5.74, 6) is 1.30. The molecule has 0 aliphatic rings. The van der Waals surface area contributed by atoms with Crippen LogP contribution in [0.5, 0.6) is 11.5 Å². The lowest BCUT2D eigenvalue weighted by Gasteiger charge is -2.07. The van der Waals surface area contributed by atoms with Gasteiger partial charge in [0.25, 0.3) is 0 Å². The molecule has 4 heteroatoms. The molecule has 1 aromatic heterocycles. The Bertz CT molecular complexity index is 547. The summed E-state index contributed by atoms with van der Waals surface area (Å²) in [6, 6.07) is 6.79. The highest BCUT2D eigenvalue weighted by Gasteiger charge is 2.17. The summed E-state index contributed by atoms with van der Waals surface area (Å²) in [7, 11) is 3.09. The zero-order valence-electron chi connectivity index (χ0n) is 10.5. The molecule has 0 aliphatic carbocycles. The minimum Gasteiger partial charge on any atom is -0.497 e. The largest absolute Gasteiger partial charge is 0.497 e. The van der Waals surface area contributed by atoms with Gasteiger partial charge >= 0.3 is 0 Å². The predicted octanol–water partition coefficient (Wildman–Crippen LogP) is 2.84. The van der Waals surface area contributed by atoms with Gasteiger partial charge in [0.1, 0.15) is 11.5 Å². The summed E-state index contributed by atoms with van der Waals surface area (Å²) in [6.45, 7) is 1.83. The Morgan fingerprint density at radius 2 is 1.72 bits per heavy atom. The van der Waals surface area contributed by atoms with E-state index in [2.05, 4.69) is 0 Å². The molecule has 0 bridgehead atoms. The van der Waals surface area contributed by atoms with Crippen molar-refractivity contribution in [1.29, 1.82) is 0 Å². The second-order valence-corrected chi connectivity index (χ2v) is 3.86. The van der Waals surface area contributed by atoms with Crippen molar-refractivity contribution < 1.29 is 18.7 Å². The van der Waals surface area contributed by atoms with Crippen LogP contribution in [0.2, 0.25) is 0 Å². The highest BCUT2D eigenvalue weighted by Crippen LogP contribution is 2.25. The molecule has 0 fully saturated rings. The first-order chi connectivity index (χ1) is 8.65. The van der Waals surface area contributed by atoms with E-state index in [9.17, 15) is 4.79 Å². The molecule has 0 aliphatic heterocycles. The minimum atomic E-state index is -0.185. The summed E-state index contributed by atoms with van der Waals surface area (Å²) >= 11 is 0. The number of methoxy groups -OCH3 is 2. The number of aryl methyl sites for hydroxylation is 1. The molecule has 2 aromatic rings. The molecule has 94 valence electrons. The Hall–Kier alpha value is -2.23. The van der Waals surface area contributed by atoms with Crippen molar-refractivity contribution in [3.05, 3.63) is 47.4 Å². The molecule has 0 atom stereocenters. The first-order valence-electron chi connectivity index (χ1n) is 5.47. The van der Waals surface area contributed by atoms with Crippen LogP contribution in [-0.4, -0.2) is 20.0 Å². The third kappa shape index (κ3) is 2.22. The van der Waals surface area contributed by atoms with Crippen LogP contribution in [0.1, 0.15) is 21.7 Å². The van der Waals surface area contributed by atoms with Gasteiger partial charge in [-0.1, -0.05) is 0 Å². The van der Waals surface area contributed by atoms with Gasteiger partial charge in [-0.15, -0.1) is 0 Å². The van der Waals surface area contributed by atoms with Crippen LogP contribution < -0.4 is 9.47 Å². The third-order valence-corrected chi connectivity index (χ3v) is 2.68. The molecular weight excluding hydrogens is 232 g/mol. The van der Waals surface area contributed by atoms with Gasteiger partial charge in [0.2, 0.25) is 5.78 Å². The standard InChI is InChI=1S/C14H14O4/c1-9-4-5-18-14(9)13(15)10-6-11(16-2)8-12(7-10)17-3/h4-8H,1-3H3. The Balaban J connectivity index is 2.44. The van der Waals surface area contributed by atoms with E-state index < -0.39 is 0 Å². The zero-order valence-corrected chi connectivity index (χ0v) is 10.5. The van der Waals surface area contributed by atoms with Gasteiger partial charge in [0.05, 0.1) is 20.5 Å². The van der Waals surface area contributed by atoms with Crippen molar-refractivity contribution in [3.8, 4) is 11.5 Å². The molecule has 0 saturated carbocycles. The van der Waals surface area contributed by atoms with Gasteiger partial charge < -0.3 is 13.9 Å². The number of rotatable bonds is 4. The number of hydrogen-bond donors (Lipinski definition) is 0. The maximum absolute atomic E-state index is 12.3. The number of carbonyl (C=O) groups excluding carboxylic acids is 1. The Morgan fingerprint density at radius 3 is 2.17 bits per heavy atom. The number of furan rings is 1. The van der Waals surface area contributed by atoms with E-state index in [1.807, 2.05) is 6.92 Å².